The highest BCUT2D eigenvalue weighted by atomic mass is 35.5. The lowest BCUT2D eigenvalue weighted by Crippen LogP contribution is -1.98. The van der Waals surface area contributed by atoms with E-state index < -0.39 is 5.82 Å². The molecule has 0 radical (unpaired) electrons. The molecule has 2 rings (SSSR count). The molecule has 18 heavy (non-hydrogen) atoms. The van der Waals surface area contributed by atoms with E-state index in [0.29, 0.717) is 11.3 Å². The molecule has 90 valence electrons. The van der Waals surface area contributed by atoms with E-state index >= 15 is 0 Å². The number of hydrogen-bond donors (Lipinski definition) is 0. The van der Waals surface area contributed by atoms with Crippen molar-refractivity contribution in [1.29, 1.82) is 5.26 Å². The summed E-state index contributed by atoms with van der Waals surface area (Å²) in [7, 11) is 0. The Bertz CT molecular complexity index is 607. The van der Waals surface area contributed by atoms with Crippen LogP contribution in [0, 0.1) is 17.1 Å². The Morgan fingerprint density at radius 3 is 2.72 bits per heavy atom. The van der Waals surface area contributed by atoms with Gasteiger partial charge in [0.2, 0.25) is 0 Å². The lowest BCUT2D eigenvalue weighted by atomic mass is 10.1. The molecule has 2 aromatic rings. The molecule has 0 atom stereocenters. The summed E-state index contributed by atoms with van der Waals surface area (Å²) in [6, 6.07) is 13.4. The Labute approximate surface area is 109 Å². The van der Waals surface area contributed by atoms with Crippen molar-refractivity contribution in [3.8, 4) is 11.8 Å². The third-order valence-corrected chi connectivity index (χ3v) is 2.73. The molecule has 4 heteroatoms. The van der Waals surface area contributed by atoms with Crippen LogP contribution in [-0.2, 0) is 6.61 Å². The lowest BCUT2D eigenvalue weighted by molar-refractivity contribution is 0.304. The van der Waals surface area contributed by atoms with Crippen LogP contribution in [0.25, 0.3) is 0 Å². The third kappa shape index (κ3) is 2.79. The van der Waals surface area contributed by atoms with Gasteiger partial charge in [0.05, 0.1) is 16.7 Å². The van der Waals surface area contributed by atoms with Crippen molar-refractivity contribution in [3.63, 3.8) is 0 Å². The van der Waals surface area contributed by atoms with E-state index in [1.165, 1.54) is 12.1 Å². The molecule has 0 spiro atoms. The Morgan fingerprint density at radius 1 is 1.22 bits per heavy atom. The van der Waals surface area contributed by atoms with Gasteiger partial charge in [-0.1, -0.05) is 29.8 Å². The van der Waals surface area contributed by atoms with Crippen molar-refractivity contribution in [2.24, 2.45) is 0 Å². The van der Waals surface area contributed by atoms with Crippen LogP contribution < -0.4 is 4.74 Å². The van der Waals surface area contributed by atoms with Gasteiger partial charge >= 0.3 is 0 Å². The van der Waals surface area contributed by atoms with Crippen molar-refractivity contribution >= 4 is 11.6 Å². The summed E-state index contributed by atoms with van der Waals surface area (Å²) in [4.78, 5) is 0. The number of halogens is 2. The highest BCUT2D eigenvalue weighted by Gasteiger charge is 2.04. The molecule has 2 aromatic carbocycles. The van der Waals surface area contributed by atoms with Crippen molar-refractivity contribution in [1.82, 2.24) is 0 Å². The van der Waals surface area contributed by atoms with E-state index in [2.05, 4.69) is 6.07 Å². The maximum absolute atomic E-state index is 13.2. The molecule has 2 nitrogen and oxygen atoms in total. The zero-order valence-electron chi connectivity index (χ0n) is 9.36. The third-order valence-electron chi connectivity index (χ3n) is 2.42. The average Bonchev–Trinajstić information content (AvgIpc) is 2.40. The molecule has 0 bridgehead atoms. The van der Waals surface area contributed by atoms with E-state index in [-0.39, 0.29) is 11.6 Å². The number of benzene rings is 2. The molecular formula is C14H9ClFNO. The van der Waals surface area contributed by atoms with Crippen LogP contribution >= 0.6 is 11.6 Å². The van der Waals surface area contributed by atoms with Gasteiger partial charge in [-0.2, -0.15) is 5.26 Å². The highest BCUT2D eigenvalue weighted by Crippen LogP contribution is 2.21. The molecule has 0 fully saturated rings. The predicted molar refractivity (Wildman–Crippen MR) is 66.9 cm³/mol. The molecule has 0 amide bonds. The van der Waals surface area contributed by atoms with Gasteiger partial charge in [0.15, 0.2) is 0 Å². The van der Waals surface area contributed by atoms with E-state index in [1.807, 2.05) is 6.07 Å². The minimum atomic E-state index is -0.525. The van der Waals surface area contributed by atoms with Crippen LogP contribution in [0.3, 0.4) is 0 Å². The standard InChI is InChI=1S/C14H9ClFNO/c15-13-6-5-12(7-14(13)16)18-9-11-4-2-1-3-10(11)8-17/h1-7H,9H2. The summed E-state index contributed by atoms with van der Waals surface area (Å²) in [5.41, 5.74) is 1.31. The fourth-order valence-corrected chi connectivity index (χ4v) is 1.60. The van der Waals surface area contributed by atoms with Crippen molar-refractivity contribution in [2.45, 2.75) is 6.61 Å². The minimum Gasteiger partial charge on any atom is -0.489 e. The van der Waals surface area contributed by atoms with Crippen molar-refractivity contribution in [2.75, 3.05) is 0 Å². The van der Waals surface area contributed by atoms with E-state index in [0.717, 1.165) is 5.56 Å². The molecule has 0 aliphatic carbocycles. The Morgan fingerprint density at radius 2 is 2.00 bits per heavy atom. The van der Waals surface area contributed by atoms with Crippen LogP contribution in [-0.4, -0.2) is 0 Å². The first kappa shape index (κ1) is 12.4. The molecule has 0 N–H and O–H groups in total. The first-order chi connectivity index (χ1) is 8.70. The summed E-state index contributed by atoms with van der Waals surface area (Å²) >= 11 is 5.57. The van der Waals surface area contributed by atoms with E-state index in [4.69, 9.17) is 21.6 Å². The molecule has 0 unspecified atom stereocenters. The first-order valence-corrected chi connectivity index (χ1v) is 5.64. The van der Waals surface area contributed by atoms with Crippen LogP contribution in [0.1, 0.15) is 11.1 Å². The van der Waals surface area contributed by atoms with Gasteiger partial charge in [-0.3, -0.25) is 0 Å². The molecule has 0 aliphatic rings. The van der Waals surface area contributed by atoms with Crippen LogP contribution in [0.4, 0.5) is 4.39 Å². The van der Waals surface area contributed by atoms with Crippen LogP contribution in [0.2, 0.25) is 5.02 Å². The van der Waals surface area contributed by atoms with Gasteiger partial charge in [0, 0.05) is 11.6 Å². The fourth-order valence-electron chi connectivity index (χ4n) is 1.48. The van der Waals surface area contributed by atoms with Gasteiger partial charge in [-0.05, 0) is 18.2 Å². The molecule has 0 aliphatic heterocycles. The molecule has 0 saturated heterocycles. The Balaban J connectivity index is 2.12. The van der Waals surface area contributed by atoms with Gasteiger partial charge in [-0.25, -0.2) is 4.39 Å². The topological polar surface area (TPSA) is 33.0 Å². The number of ether oxygens (including phenoxy) is 1. The van der Waals surface area contributed by atoms with Crippen LogP contribution in [0.5, 0.6) is 5.75 Å². The zero-order valence-corrected chi connectivity index (χ0v) is 10.1. The predicted octanol–water partition coefficient (Wildman–Crippen LogP) is 3.93. The van der Waals surface area contributed by atoms with Gasteiger partial charge < -0.3 is 4.74 Å². The highest BCUT2D eigenvalue weighted by molar-refractivity contribution is 6.30. The maximum Gasteiger partial charge on any atom is 0.145 e. The Kier molecular flexibility index (Phi) is 3.81. The van der Waals surface area contributed by atoms with Crippen molar-refractivity contribution in [3.05, 3.63) is 64.4 Å². The second-order valence-corrected chi connectivity index (χ2v) is 4.04. The van der Waals surface area contributed by atoms with Crippen LogP contribution in [0.15, 0.2) is 42.5 Å². The summed E-state index contributed by atoms with van der Waals surface area (Å²) in [5, 5.41) is 8.97. The maximum atomic E-state index is 13.2. The van der Waals surface area contributed by atoms with E-state index in [1.54, 1.807) is 24.3 Å². The SMILES string of the molecule is N#Cc1ccccc1COc1ccc(Cl)c(F)c1. The summed E-state index contributed by atoms with van der Waals surface area (Å²) < 4.78 is 18.6. The van der Waals surface area contributed by atoms with Gasteiger partial charge in [-0.15, -0.1) is 0 Å². The number of rotatable bonds is 3. The first-order valence-electron chi connectivity index (χ1n) is 5.26. The minimum absolute atomic E-state index is 0.0553. The molecular weight excluding hydrogens is 253 g/mol. The van der Waals surface area contributed by atoms with E-state index in [9.17, 15) is 4.39 Å². The second kappa shape index (κ2) is 5.52. The molecule has 0 saturated carbocycles. The number of hydrogen-bond acceptors (Lipinski definition) is 2. The monoisotopic (exact) mass is 261 g/mol. The smallest absolute Gasteiger partial charge is 0.145 e. The quantitative estimate of drug-likeness (QED) is 0.839. The van der Waals surface area contributed by atoms with Gasteiger partial charge in [0.25, 0.3) is 0 Å². The fraction of sp³-hybridized carbons (Fsp3) is 0.0714. The van der Waals surface area contributed by atoms with Crippen molar-refractivity contribution < 1.29 is 9.13 Å². The summed E-state index contributed by atoms with van der Waals surface area (Å²) in [6.45, 7) is 0.213. The normalized spacial score (nSPS) is 9.83. The number of nitrogens with zero attached hydrogens (tertiary/aromatic N) is 1. The summed E-state index contributed by atoms with van der Waals surface area (Å²) in [6.07, 6.45) is 0. The molecule has 0 aromatic heterocycles. The summed E-state index contributed by atoms with van der Waals surface area (Å²) in [5.74, 6) is -0.146. The second-order valence-electron chi connectivity index (χ2n) is 3.63. The zero-order chi connectivity index (χ0) is 13.0. The van der Waals surface area contributed by atoms with Gasteiger partial charge in [0.1, 0.15) is 18.2 Å². The number of nitriles is 1. The average molecular weight is 262 g/mol. The Hall–Kier alpha value is -2.05. The largest absolute Gasteiger partial charge is 0.489 e. The lowest BCUT2D eigenvalue weighted by Gasteiger charge is -2.07. The molecule has 0 heterocycles.